The molecule has 1 aromatic carbocycles. The van der Waals surface area contributed by atoms with Crippen LogP contribution in [0.5, 0.6) is 0 Å². The molecule has 28 heavy (non-hydrogen) atoms. The average molecular weight is 396 g/mol. The van der Waals surface area contributed by atoms with Gasteiger partial charge in [0.2, 0.25) is 0 Å². The fourth-order valence-corrected chi connectivity index (χ4v) is 4.30. The molecule has 9 nitrogen and oxygen atoms in total. The lowest BCUT2D eigenvalue weighted by Gasteiger charge is -2.16. The molecule has 3 heterocycles. The first kappa shape index (κ1) is 17.3. The molecular formula is C18H16N6O3S. The van der Waals surface area contributed by atoms with Gasteiger partial charge in [0.05, 0.1) is 18.5 Å². The second-order valence-electron chi connectivity index (χ2n) is 6.81. The highest BCUT2D eigenvalue weighted by atomic mass is 32.2. The fourth-order valence-electron chi connectivity index (χ4n) is 3.61. The lowest BCUT2D eigenvalue weighted by molar-refractivity contribution is 0.0195. The van der Waals surface area contributed by atoms with Crippen LogP contribution in [-0.2, 0) is 14.9 Å². The summed E-state index contributed by atoms with van der Waals surface area (Å²) >= 11 is 0. The van der Waals surface area contributed by atoms with Gasteiger partial charge in [-0.3, -0.25) is 4.57 Å². The van der Waals surface area contributed by atoms with Crippen molar-refractivity contribution in [3.8, 4) is 11.8 Å². The van der Waals surface area contributed by atoms with Gasteiger partial charge in [0.1, 0.15) is 23.8 Å². The molecule has 1 saturated carbocycles. The summed E-state index contributed by atoms with van der Waals surface area (Å²) in [7, 11) is -3.73. The molecule has 1 saturated heterocycles. The minimum Gasteiger partial charge on any atom is -0.353 e. The highest BCUT2D eigenvalue weighted by molar-refractivity contribution is 7.87. The van der Waals surface area contributed by atoms with Crippen LogP contribution in [-0.4, -0.2) is 40.1 Å². The molecule has 4 atom stereocenters. The van der Waals surface area contributed by atoms with Crippen molar-refractivity contribution < 1.29 is 13.2 Å². The van der Waals surface area contributed by atoms with Gasteiger partial charge >= 0.3 is 0 Å². The molecule has 0 spiro atoms. The minimum absolute atomic E-state index is 0.0972. The van der Waals surface area contributed by atoms with E-state index in [2.05, 4.69) is 31.5 Å². The van der Waals surface area contributed by atoms with Gasteiger partial charge in [-0.05, 0) is 24.5 Å². The van der Waals surface area contributed by atoms with Crippen LogP contribution in [0.15, 0.2) is 43.0 Å². The van der Waals surface area contributed by atoms with E-state index < -0.39 is 10.2 Å². The number of hydrogen-bond donors (Lipinski definition) is 2. The zero-order chi connectivity index (χ0) is 19.3. The summed E-state index contributed by atoms with van der Waals surface area (Å²) < 4.78 is 32.5. The quantitative estimate of drug-likeness (QED) is 0.614. The van der Waals surface area contributed by atoms with Crippen LogP contribution in [0.4, 0.5) is 0 Å². The van der Waals surface area contributed by atoms with Crippen LogP contribution in [0, 0.1) is 17.8 Å². The SMILES string of the molecule is NS(=O)(=O)NC1C2C[C@H](n3cnc4c(C#Cc5ccccc5)ncnc43)O[C@@H]21. The lowest BCUT2D eigenvalue weighted by Crippen LogP contribution is -2.36. The molecular weight excluding hydrogens is 380 g/mol. The first-order valence-electron chi connectivity index (χ1n) is 8.70. The molecule has 2 fully saturated rings. The van der Waals surface area contributed by atoms with Crippen molar-refractivity contribution in [2.24, 2.45) is 11.1 Å². The smallest absolute Gasteiger partial charge is 0.274 e. The second kappa shape index (κ2) is 6.35. The van der Waals surface area contributed by atoms with E-state index in [-0.39, 0.29) is 24.3 Å². The fraction of sp³-hybridized carbons (Fsp3) is 0.278. The molecule has 0 bridgehead atoms. The zero-order valence-corrected chi connectivity index (χ0v) is 15.4. The number of imidazole rings is 1. The van der Waals surface area contributed by atoms with Crippen LogP contribution in [0.2, 0.25) is 0 Å². The molecule has 2 aromatic heterocycles. The summed E-state index contributed by atoms with van der Waals surface area (Å²) in [4.78, 5) is 13.0. The van der Waals surface area contributed by atoms with Crippen LogP contribution < -0.4 is 9.86 Å². The molecule has 142 valence electrons. The van der Waals surface area contributed by atoms with E-state index in [0.717, 1.165) is 5.56 Å². The Morgan fingerprint density at radius 3 is 2.71 bits per heavy atom. The first-order valence-corrected chi connectivity index (χ1v) is 10.2. The number of aromatic nitrogens is 4. The Kier molecular flexibility index (Phi) is 3.92. The summed E-state index contributed by atoms with van der Waals surface area (Å²) in [6.45, 7) is 0. The van der Waals surface area contributed by atoms with Gasteiger partial charge in [0.25, 0.3) is 10.2 Å². The van der Waals surface area contributed by atoms with Crippen LogP contribution >= 0.6 is 0 Å². The molecule has 0 radical (unpaired) electrons. The monoisotopic (exact) mass is 396 g/mol. The van der Waals surface area contributed by atoms with Crippen LogP contribution in [0.25, 0.3) is 11.2 Å². The van der Waals surface area contributed by atoms with Gasteiger partial charge in [-0.1, -0.05) is 24.1 Å². The molecule has 3 N–H and O–H groups in total. The highest BCUT2D eigenvalue weighted by Gasteiger charge is 2.59. The largest absolute Gasteiger partial charge is 0.353 e. The zero-order valence-electron chi connectivity index (χ0n) is 14.6. The summed E-state index contributed by atoms with van der Waals surface area (Å²) in [6.07, 6.45) is 3.32. The Morgan fingerprint density at radius 1 is 1.18 bits per heavy atom. The van der Waals surface area contributed by atoms with Crippen molar-refractivity contribution in [3.05, 3.63) is 54.2 Å². The molecule has 2 unspecified atom stereocenters. The molecule has 2 aliphatic rings. The van der Waals surface area contributed by atoms with Crippen molar-refractivity contribution in [2.75, 3.05) is 0 Å². The molecule has 3 aromatic rings. The maximum Gasteiger partial charge on any atom is 0.274 e. The average Bonchev–Trinajstić information content (AvgIpc) is 3.06. The number of nitrogens with one attached hydrogen (secondary N) is 1. The van der Waals surface area contributed by atoms with Gasteiger partial charge in [-0.25, -0.2) is 20.1 Å². The van der Waals surface area contributed by atoms with Crippen molar-refractivity contribution in [3.63, 3.8) is 0 Å². The predicted octanol–water partition coefficient (Wildman–Crippen LogP) is 0.305. The van der Waals surface area contributed by atoms with Crippen molar-refractivity contribution in [1.82, 2.24) is 24.2 Å². The molecule has 1 aliphatic heterocycles. The topological polar surface area (TPSA) is 125 Å². The summed E-state index contributed by atoms with van der Waals surface area (Å²) in [6, 6.07) is 9.38. The summed E-state index contributed by atoms with van der Waals surface area (Å²) in [5, 5.41) is 5.03. The highest BCUT2D eigenvalue weighted by Crippen LogP contribution is 2.50. The van der Waals surface area contributed by atoms with E-state index in [1.807, 2.05) is 34.9 Å². The Hall–Kier alpha value is -2.84. The Bertz CT molecular complexity index is 1200. The number of nitrogens with zero attached hydrogens (tertiary/aromatic N) is 4. The number of nitrogens with two attached hydrogens (primary N) is 1. The normalized spacial score (nSPS) is 25.9. The lowest BCUT2D eigenvalue weighted by atomic mass is 10.2. The second-order valence-corrected chi connectivity index (χ2v) is 8.13. The number of ether oxygens (including phenoxy) is 1. The number of rotatable bonds is 3. The Balaban J connectivity index is 1.38. The number of hydrogen-bond acceptors (Lipinski definition) is 6. The van der Waals surface area contributed by atoms with E-state index in [1.165, 1.54) is 6.33 Å². The van der Waals surface area contributed by atoms with Gasteiger partial charge in [-0.2, -0.15) is 13.1 Å². The van der Waals surface area contributed by atoms with E-state index in [9.17, 15) is 8.42 Å². The van der Waals surface area contributed by atoms with E-state index in [0.29, 0.717) is 23.3 Å². The van der Waals surface area contributed by atoms with Crippen molar-refractivity contribution >= 4 is 21.4 Å². The summed E-state index contributed by atoms with van der Waals surface area (Å²) in [5.74, 6) is 6.22. The van der Waals surface area contributed by atoms with E-state index in [1.54, 1.807) is 6.33 Å². The minimum atomic E-state index is -3.73. The Morgan fingerprint density at radius 2 is 2.00 bits per heavy atom. The first-order chi connectivity index (χ1) is 13.5. The van der Waals surface area contributed by atoms with Gasteiger partial charge in [0.15, 0.2) is 5.65 Å². The third-order valence-electron chi connectivity index (χ3n) is 4.95. The standard InChI is InChI=1S/C18H16N6O3S/c19-28(25,26)23-15-12-8-14(27-17(12)15)24-10-22-16-13(20-9-21-18(16)24)7-6-11-4-2-1-3-5-11/h1-5,9-10,12,14-15,17,23H,8H2,(H2,19,25,26)/t12?,14-,15?,17+/m1/s1. The van der Waals surface area contributed by atoms with E-state index >= 15 is 0 Å². The van der Waals surface area contributed by atoms with Crippen molar-refractivity contribution in [2.45, 2.75) is 24.8 Å². The molecule has 10 heteroatoms. The third kappa shape index (κ3) is 3.14. The maximum atomic E-state index is 11.2. The van der Waals surface area contributed by atoms with Gasteiger partial charge < -0.3 is 4.74 Å². The molecule has 5 rings (SSSR count). The van der Waals surface area contributed by atoms with Crippen LogP contribution in [0.1, 0.15) is 23.9 Å². The van der Waals surface area contributed by atoms with Gasteiger partial charge in [0, 0.05) is 11.5 Å². The maximum absolute atomic E-state index is 11.2. The van der Waals surface area contributed by atoms with Crippen molar-refractivity contribution in [1.29, 1.82) is 0 Å². The van der Waals surface area contributed by atoms with Gasteiger partial charge in [-0.15, -0.1) is 0 Å². The third-order valence-corrected chi connectivity index (χ3v) is 5.55. The van der Waals surface area contributed by atoms with E-state index in [4.69, 9.17) is 9.88 Å². The van der Waals surface area contributed by atoms with Crippen LogP contribution in [0.3, 0.4) is 0 Å². The number of fused-ring (bicyclic) bond motifs is 2. The number of benzene rings is 1. The molecule has 0 amide bonds. The predicted molar refractivity (Wildman–Crippen MR) is 99.8 cm³/mol. The summed E-state index contributed by atoms with van der Waals surface area (Å²) in [5.41, 5.74) is 2.68. The molecule has 1 aliphatic carbocycles. The Labute approximate surface area is 161 Å².